The SMILES string of the molecule is Cc1cccc(Cl)c1N(C(=O)[O-])c1cccc(Cl)c1. The highest BCUT2D eigenvalue weighted by molar-refractivity contribution is 6.34. The van der Waals surface area contributed by atoms with Crippen LogP contribution in [0.1, 0.15) is 5.56 Å². The normalized spacial score (nSPS) is 10.3. The number of aryl methyl sites for hydroxylation is 1. The van der Waals surface area contributed by atoms with Gasteiger partial charge >= 0.3 is 0 Å². The number of para-hydroxylation sites is 1. The molecule has 0 aromatic heterocycles. The smallest absolute Gasteiger partial charge is 0.146 e. The van der Waals surface area contributed by atoms with Gasteiger partial charge in [0.1, 0.15) is 6.09 Å². The molecule has 2 rings (SSSR count). The van der Waals surface area contributed by atoms with E-state index in [1.165, 1.54) is 0 Å². The van der Waals surface area contributed by atoms with E-state index >= 15 is 0 Å². The number of carbonyl (C=O) groups is 1. The molecule has 0 saturated carbocycles. The van der Waals surface area contributed by atoms with Crippen LogP contribution in [-0.2, 0) is 0 Å². The Morgan fingerprint density at radius 3 is 2.42 bits per heavy atom. The number of carbonyl (C=O) groups excluding carboxylic acids is 1. The van der Waals surface area contributed by atoms with Gasteiger partial charge in [-0.3, -0.25) is 4.90 Å². The third-order valence-electron chi connectivity index (χ3n) is 2.66. The Morgan fingerprint density at radius 2 is 1.84 bits per heavy atom. The lowest BCUT2D eigenvalue weighted by Gasteiger charge is -2.27. The molecular formula is C14H10Cl2NO2-. The highest BCUT2D eigenvalue weighted by Gasteiger charge is 2.16. The van der Waals surface area contributed by atoms with Gasteiger partial charge in [-0.15, -0.1) is 0 Å². The van der Waals surface area contributed by atoms with Gasteiger partial charge in [-0.1, -0.05) is 41.4 Å². The van der Waals surface area contributed by atoms with Crippen LogP contribution in [0.3, 0.4) is 0 Å². The molecule has 0 N–H and O–H groups in total. The summed E-state index contributed by atoms with van der Waals surface area (Å²) >= 11 is 12.0. The summed E-state index contributed by atoms with van der Waals surface area (Å²) in [5.74, 6) is 0. The van der Waals surface area contributed by atoms with E-state index in [-0.39, 0.29) is 0 Å². The zero-order chi connectivity index (χ0) is 14.0. The quantitative estimate of drug-likeness (QED) is 0.846. The van der Waals surface area contributed by atoms with Gasteiger partial charge < -0.3 is 9.90 Å². The third kappa shape index (κ3) is 2.83. The number of carboxylic acid groups (broad SMARTS) is 1. The molecule has 0 saturated heterocycles. The number of hydrogen-bond donors (Lipinski definition) is 0. The summed E-state index contributed by atoms with van der Waals surface area (Å²) in [5.41, 5.74) is 1.51. The van der Waals surface area contributed by atoms with Crippen LogP contribution < -0.4 is 10.0 Å². The predicted molar refractivity (Wildman–Crippen MR) is 75.2 cm³/mol. The predicted octanol–water partition coefficient (Wildman–Crippen LogP) is 3.78. The minimum Gasteiger partial charge on any atom is -0.529 e. The molecule has 0 bridgehead atoms. The van der Waals surface area contributed by atoms with E-state index in [9.17, 15) is 9.90 Å². The molecule has 0 atom stereocenters. The van der Waals surface area contributed by atoms with E-state index in [4.69, 9.17) is 23.2 Å². The minimum absolute atomic E-state index is 0.337. The maximum absolute atomic E-state index is 11.4. The van der Waals surface area contributed by atoms with Crippen LogP contribution in [0, 0.1) is 6.92 Å². The molecule has 0 unspecified atom stereocenters. The van der Waals surface area contributed by atoms with Crippen molar-refractivity contribution in [3.63, 3.8) is 0 Å². The first-order valence-corrected chi connectivity index (χ1v) is 6.28. The molecule has 2 aromatic rings. The first-order chi connectivity index (χ1) is 9.00. The topological polar surface area (TPSA) is 43.4 Å². The van der Waals surface area contributed by atoms with Crippen molar-refractivity contribution >= 4 is 40.7 Å². The van der Waals surface area contributed by atoms with Gasteiger partial charge in [0.2, 0.25) is 0 Å². The van der Waals surface area contributed by atoms with Crippen molar-refractivity contribution in [1.29, 1.82) is 0 Å². The van der Waals surface area contributed by atoms with Crippen LogP contribution in [0.5, 0.6) is 0 Å². The van der Waals surface area contributed by atoms with Crippen LogP contribution in [0.25, 0.3) is 0 Å². The van der Waals surface area contributed by atoms with Crippen molar-refractivity contribution in [3.05, 3.63) is 58.1 Å². The van der Waals surface area contributed by atoms with E-state index in [0.717, 1.165) is 10.5 Å². The zero-order valence-corrected chi connectivity index (χ0v) is 11.6. The molecule has 0 aliphatic heterocycles. The average Bonchev–Trinajstić information content (AvgIpc) is 2.33. The first-order valence-electron chi connectivity index (χ1n) is 5.52. The fourth-order valence-electron chi connectivity index (χ4n) is 1.85. The lowest BCUT2D eigenvalue weighted by Crippen LogP contribution is -2.38. The van der Waals surface area contributed by atoms with Crippen LogP contribution in [0.2, 0.25) is 10.0 Å². The average molecular weight is 295 g/mol. The van der Waals surface area contributed by atoms with Gasteiger partial charge in [0, 0.05) is 10.7 Å². The van der Waals surface area contributed by atoms with Crippen molar-refractivity contribution in [2.24, 2.45) is 0 Å². The second-order valence-electron chi connectivity index (χ2n) is 3.99. The number of benzene rings is 2. The Kier molecular flexibility index (Phi) is 3.98. The van der Waals surface area contributed by atoms with E-state index < -0.39 is 6.09 Å². The monoisotopic (exact) mass is 294 g/mol. The molecule has 0 fully saturated rings. The molecule has 0 aliphatic rings. The van der Waals surface area contributed by atoms with Crippen LogP contribution >= 0.6 is 23.2 Å². The van der Waals surface area contributed by atoms with Gasteiger partial charge in [-0.2, -0.15) is 0 Å². The highest BCUT2D eigenvalue weighted by atomic mass is 35.5. The zero-order valence-electron chi connectivity index (χ0n) is 10.1. The number of nitrogens with zero attached hydrogens (tertiary/aromatic N) is 1. The number of rotatable bonds is 2. The van der Waals surface area contributed by atoms with Crippen molar-refractivity contribution < 1.29 is 9.90 Å². The van der Waals surface area contributed by atoms with Gasteiger partial charge in [0.15, 0.2) is 0 Å². The Bertz CT molecular complexity index is 608. The van der Waals surface area contributed by atoms with Crippen LogP contribution in [0.4, 0.5) is 16.2 Å². The molecule has 0 heterocycles. The van der Waals surface area contributed by atoms with E-state index in [2.05, 4.69) is 0 Å². The first kappa shape index (κ1) is 13.7. The summed E-state index contributed by atoms with van der Waals surface area (Å²) in [6, 6.07) is 11.7. The molecule has 19 heavy (non-hydrogen) atoms. The lowest BCUT2D eigenvalue weighted by molar-refractivity contribution is -0.245. The molecule has 3 nitrogen and oxygen atoms in total. The summed E-state index contributed by atoms with van der Waals surface area (Å²) < 4.78 is 0. The lowest BCUT2D eigenvalue weighted by atomic mass is 10.1. The highest BCUT2D eigenvalue weighted by Crippen LogP contribution is 2.35. The molecule has 1 amide bonds. The second-order valence-corrected chi connectivity index (χ2v) is 4.83. The molecule has 0 spiro atoms. The molecule has 98 valence electrons. The van der Waals surface area contributed by atoms with E-state index in [0.29, 0.717) is 21.4 Å². The summed E-state index contributed by atoms with van der Waals surface area (Å²) in [5, 5.41) is 12.2. The Hall–Kier alpha value is -1.71. The largest absolute Gasteiger partial charge is 0.529 e. The maximum Gasteiger partial charge on any atom is 0.146 e. The van der Waals surface area contributed by atoms with Crippen molar-refractivity contribution in [2.45, 2.75) is 6.92 Å². The van der Waals surface area contributed by atoms with Gasteiger partial charge in [0.05, 0.1) is 10.7 Å². The Morgan fingerprint density at radius 1 is 1.16 bits per heavy atom. The molecule has 0 radical (unpaired) electrons. The summed E-state index contributed by atoms with van der Waals surface area (Å²) in [6.07, 6.45) is -1.36. The standard InChI is InChI=1S/C14H11Cl2NO2/c1-9-4-2-7-12(16)13(9)17(14(18)19)11-6-3-5-10(15)8-11/h2-8H,1H3,(H,18,19)/p-1. The van der Waals surface area contributed by atoms with Gasteiger partial charge in [-0.05, 0) is 36.8 Å². The summed E-state index contributed by atoms with van der Waals surface area (Å²) in [6.45, 7) is 1.78. The number of hydrogen-bond acceptors (Lipinski definition) is 2. The minimum atomic E-state index is -1.36. The summed E-state index contributed by atoms with van der Waals surface area (Å²) in [7, 11) is 0. The van der Waals surface area contributed by atoms with Crippen LogP contribution in [0.15, 0.2) is 42.5 Å². The van der Waals surface area contributed by atoms with Crippen LogP contribution in [-0.4, -0.2) is 6.09 Å². The number of halogens is 2. The van der Waals surface area contributed by atoms with E-state index in [1.807, 2.05) is 0 Å². The van der Waals surface area contributed by atoms with Crippen molar-refractivity contribution in [3.8, 4) is 0 Å². The molecule has 0 aliphatic carbocycles. The third-order valence-corrected chi connectivity index (χ3v) is 3.20. The maximum atomic E-state index is 11.4. The van der Waals surface area contributed by atoms with E-state index in [1.54, 1.807) is 49.4 Å². The van der Waals surface area contributed by atoms with Crippen molar-refractivity contribution in [1.82, 2.24) is 0 Å². The molecular weight excluding hydrogens is 285 g/mol. The fraction of sp³-hybridized carbons (Fsp3) is 0.0714. The number of amides is 1. The number of anilines is 2. The fourth-order valence-corrected chi connectivity index (χ4v) is 2.34. The van der Waals surface area contributed by atoms with Gasteiger partial charge in [0.25, 0.3) is 0 Å². The Balaban J connectivity index is 2.62. The Labute approximate surface area is 121 Å². The second kappa shape index (κ2) is 5.51. The van der Waals surface area contributed by atoms with Gasteiger partial charge in [-0.25, -0.2) is 0 Å². The molecule has 5 heteroatoms. The molecule has 2 aromatic carbocycles. The summed E-state index contributed by atoms with van der Waals surface area (Å²) in [4.78, 5) is 12.4. The van der Waals surface area contributed by atoms with Crippen molar-refractivity contribution in [2.75, 3.05) is 4.90 Å².